The molecule has 0 fully saturated rings. The Morgan fingerprint density at radius 3 is 2.94 bits per heavy atom. The molecule has 0 aliphatic rings. The summed E-state index contributed by atoms with van der Waals surface area (Å²) in [7, 11) is 0. The molecule has 7 heteroatoms. The molecule has 1 aromatic heterocycles. The van der Waals surface area contributed by atoms with E-state index < -0.39 is 19.0 Å². The number of hydrogen-bond acceptors (Lipinski definition) is 4. The van der Waals surface area contributed by atoms with Gasteiger partial charge >= 0.3 is 5.97 Å². The molecule has 1 heterocycles. The van der Waals surface area contributed by atoms with Gasteiger partial charge < -0.3 is 15.2 Å². The summed E-state index contributed by atoms with van der Waals surface area (Å²) < 4.78 is 28.0. The number of hydrogen-bond donors (Lipinski definition) is 2. The fourth-order valence-corrected chi connectivity index (χ4v) is 1.94. The summed E-state index contributed by atoms with van der Waals surface area (Å²) in [4.78, 5) is 11.5. The molecule has 1 aromatic rings. The van der Waals surface area contributed by atoms with Crippen LogP contribution in [0.5, 0.6) is 0 Å². The molecule has 96 valence electrons. The Balaban J connectivity index is 2.11. The smallest absolute Gasteiger partial charge is 0.336 e. The number of alkyl halides is 2. The van der Waals surface area contributed by atoms with E-state index in [9.17, 15) is 13.6 Å². The molecule has 2 N–H and O–H groups in total. The molecule has 0 amide bonds. The molecule has 0 unspecified atom stereocenters. The second kappa shape index (κ2) is 7.31. The third-order valence-corrected chi connectivity index (χ3v) is 2.80. The highest BCUT2D eigenvalue weighted by Crippen LogP contribution is 2.14. The molecule has 0 radical (unpaired) electrons. The molecule has 4 nitrogen and oxygen atoms in total. The first kappa shape index (κ1) is 14.0. The molecular weight excluding hydrogens is 252 g/mol. The SMILES string of the molecule is O=C(O)c1csc(CNCCOCC(F)F)c1. The number of carboxylic acid groups (broad SMARTS) is 1. The van der Waals surface area contributed by atoms with E-state index in [2.05, 4.69) is 10.1 Å². The van der Waals surface area contributed by atoms with Crippen molar-refractivity contribution in [3.63, 3.8) is 0 Å². The van der Waals surface area contributed by atoms with Crippen LogP contribution in [0.15, 0.2) is 11.4 Å². The lowest BCUT2D eigenvalue weighted by molar-refractivity contribution is 0.0187. The Labute approximate surface area is 101 Å². The highest BCUT2D eigenvalue weighted by Gasteiger charge is 2.06. The van der Waals surface area contributed by atoms with Crippen molar-refractivity contribution in [1.29, 1.82) is 0 Å². The first-order valence-electron chi connectivity index (χ1n) is 4.97. The number of carbonyl (C=O) groups is 1. The van der Waals surface area contributed by atoms with Crippen molar-refractivity contribution in [2.45, 2.75) is 13.0 Å². The van der Waals surface area contributed by atoms with Gasteiger partial charge in [-0.15, -0.1) is 11.3 Å². The molecule has 1 rings (SSSR count). The van der Waals surface area contributed by atoms with Crippen LogP contribution in [-0.4, -0.2) is 37.3 Å². The number of rotatable bonds is 8. The monoisotopic (exact) mass is 265 g/mol. The average Bonchev–Trinajstić information content (AvgIpc) is 2.71. The second-order valence-electron chi connectivity index (χ2n) is 3.25. The number of halogens is 2. The summed E-state index contributed by atoms with van der Waals surface area (Å²) >= 11 is 1.34. The third-order valence-electron chi connectivity index (χ3n) is 1.87. The zero-order valence-electron chi connectivity index (χ0n) is 8.99. The lowest BCUT2D eigenvalue weighted by atomic mass is 10.3. The Kier molecular flexibility index (Phi) is 6.03. The van der Waals surface area contributed by atoms with Gasteiger partial charge in [0.25, 0.3) is 6.43 Å². The highest BCUT2D eigenvalue weighted by molar-refractivity contribution is 7.10. The number of aromatic carboxylic acids is 1. The fraction of sp³-hybridized carbons (Fsp3) is 0.500. The Bertz CT molecular complexity index is 357. The van der Waals surface area contributed by atoms with Gasteiger partial charge in [-0.05, 0) is 6.07 Å². The molecule has 0 bridgehead atoms. The molecule has 0 aliphatic carbocycles. The van der Waals surface area contributed by atoms with Gasteiger partial charge in [-0.1, -0.05) is 0 Å². The van der Waals surface area contributed by atoms with E-state index in [4.69, 9.17) is 5.11 Å². The quantitative estimate of drug-likeness (QED) is 0.704. The maximum absolute atomic E-state index is 11.7. The number of nitrogens with one attached hydrogen (secondary N) is 1. The van der Waals surface area contributed by atoms with Crippen LogP contribution in [-0.2, 0) is 11.3 Å². The topological polar surface area (TPSA) is 58.6 Å². The van der Waals surface area contributed by atoms with E-state index >= 15 is 0 Å². The summed E-state index contributed by atoms with van der Waals surface area (Å²) in [6.45, 7) is 0.619. The third kappa shape index (κ3) is 5.71. The van der Waals surface area contributed by atoms with E-state index in [1.165, 1.54) is 11.3 Å². The molecule has 0 spiro atoms. The lowest BCUT2D eigenvalue weighted by Crippen LogP contribution is -2.20. The van der Waals surface area contributed by atoms with E-state index in [1.54, 1.807) is 11.4 Å². The number of carboxylic acids is 1. The number of ether oxygens (including phenoxy) is 1. The summed E-state index contributed by atoms with van der Waals surface area (Å²) in [5, 5.41) is 13.2. The van der Waals surface area contributed by atoms with Crippen molar-refractivity contribution in [3.05, 3.63) is 21.9 Å². The van der Waals surface area contributed by atoms with Gasteiger partial charge in [0.05, 0.1) is 12.2 Å². The molecule has 0 aromatic carbocycles. The predicted octanol–water partition coefficient (Wildman–Crippen LogP) is 1.82. The van der Waals surface area contributed by atoms with Crippen LogP contribution in [0.1, 0.15) is 15.2 Å². The van der Waals surface area contributed by atoms with E-state index in [-0.39, 0.29) is 12.2 Å². The number of thiophene rings is 1. The van der Waals surface area contributed by atoms with Crippen LogP contribution in [0.4, 0.5) is 8.78 Å². The molecule has 0 saturated heterocycles. The molecular formula is C10H13F2NO3S. The van der Waals surface area contributed by atoms with Crippen LogP contribution < -0.4 is 5.32 Å². The zero-order chi connectivity index (χ0) is 12.7. The molecule has 0 saturated carbocycles. The van der Waals surface area contributed by atoms with E-state index in [1.807, 2.05) is 0 Å². The first-order valence-corrected chi connectivity index (χ1v) is 5.85. The average molecular weight is 265 g/mol. The maximum Gasteiger partial charge on any atom is 0.336 e. The van der Waals surface area contributed by atoms with Crippen LogP contribution >= 0.6 is 11.3 Å². The lowest BCUT2D eigenvalue weighted by Gasteiger charge is -2.04. The molecule has 0 aliphatic heterocycles. The van der Waals surface area contributed by atoms with Gasteiger partial charge in [0.1, 0.15) is 6.61 Å². The Morgan fingerprint density at radius 2 is 2.35 bits per heavy atom. The second-order valence-corrected chi connectivity index (χ2v) is 4.25. The summed E-state index contributed by atoms with van der Waals surface area (Å²) in [6.07, 6.45) is -2.44. The van der Waals surface area contributed by atoms with E-state index in [0.29, 0.717) is 13.1 Å². The summed E-state index contributed by atoms with van der Waals surface area (Å²) in [5.41, 5.74) is 0.265. The fourth-order valence-electron chi connectivity index (χ4n) is 1.11. The van der Waals surface area contributed by atoms with Crippen molar-refractivity contribution in [3.8, 4) is 0 Å². The molecule has 17 heavy (non-hydrogen) atoms. The first-order chi connectivity index (χ1) is 8.09. The van der Waals surface area contributed by atoms with Gasteiger partial charge in [-0.3, -0.25) is 0 Å². The normalized spacial score (nSPS) is 11.0. The minimum Gasteiger partial charge on any atom is -0.478 e. The van der Waals surface area contributed by atoms with Crippen molar-refractivity contribution in [2.75, 3.05) is 19.8 Å². The van der Waals surface area contributed by atoms with Crippen LogP contribution in [0.25, 0.3) is 0 Å². The van der Waals surface area contributed by atoms with Crippen molar-refractivity contribution in [1.82, 2.24) is 5.32 Å². The van der Waals surface area contributed by atoms with Crippen molar-refractivity contribution >= 4 is 17.3 Å². The van der Waals surface area contributed by atoms with Crippen molar-refractivity contribution in [2.24, 2.45) is 0 Å². The molecule has 0 atom stereocenters. The predicted molar refractivity (Wildman–Crippen MR) is 59.8 cm³/mol. The van der Waals surface area contributed by atoms with Gasteiger partial charge in [-0.2, -0.15) is 0 Å². The summed E-state index contributed by atoms with van der Waals surface area (Å²) in [5.74, 6) is -0.951. The van der Waals surface area contributed by atoms with Gasteiger partial charge in [-0.25, -0.2) is 13.6 Å². The highest BCUT2D eigenvalue weighted by atomic mass is 32.1. The Morgan fingerprint density at radius 1 is 1.59 bits per heavy atom. The minimum atomic E-state index is -2.44. The standard InChI is InChI=1S/C10H13F2NO3S/c11-9(12)5-16-2-1-13-4-8-3-7(6-17-8)10(14)15/h3,6,9,13H,1-2,4-5H2,(H,14,15). The van der Waals surface area contributed by atoms with E-state index in [0.717, 1.165) is 4.88 Å². The van der Waals surface area contributed by atoms with Crippen molar-refractivity contribution < 1.29 is 23.4 Å². The van der Waals surface area contributed by atoms with Gasteiger partial charge in [0.15, 0.2) is 0 Å². The largest absolute Gasteiger partial charge is 0.478 e. The van der Waals surface area contributed by atoms with Gasteiger partial charge in [0.2, 0.25) is 0 Å². The maximum atomic E-state index is 11.7. The minimum absolute atomic E-state index is 0.210. The van der Waals surface area contributed by atoms with Gasteiger partial charge in [0, 0.05) is 23.3 Å². The Hall–Kier alpha value is -1.05. The van der Waals surface area contributed by atoms with Crippen LogP contribution in [0.2, 0.25) is 0 Å². The van der Waals surface area contributed by atoms with Crippen LogP contribution in [0, 0.1) is 0 Å². The van der Waals surface area contributed by atoms with Crippen LogP contribution in [0.3, 0.4) is 0 Å². The zero-order valence-corrected chi connectivity index (χ0v) is 9.80. The summed E-state index contributed by atoms with van der Waals surface area (Å²) in [6, 6.07) is 1.58.